The van der Waals surface area contributed by atoms with Crippen LogP contribution in [0.1, 0.15) is 25.0 Å². The lowest BCUT2D eigenvalue weighted by atomic mass is 10.1. The Hall–Kier alpha value is -2.20. The number of esters is 2. The van der Waals surface area contributed by atoms with Gasteiger partial charge >= 0.3 is 11.9 Å². The first-order valence-corrected chi connectivity index (χ1v) is 10.2. The number of rotatable bonds is 5. The van der Waals surface area contributed by atoms with E-state index in [-0.39, 0.29) is 11.6 Å². The summed E-state index contributed by atoms with van der Waals surface area (Å²) in [4.78, 5) is 27.9. The maximum Gasteiger partial charge on any atom is 0.363 e. The quantitative estimate of drug-likeness (QED) is 0.231. The van der Waals surface area contributed by atoms with Gasteiger partial charge in [-0.15, -0.1) is 0 Å². The number of carbonyl (C=O) groups excluding carboxylic acids is 2. The number of nitrogens with zero attached hydrogens (tertiary/aromatic N) is 1. The highest BCUT2D eigenvalue weighted by Crippen LogP contribution is 2.35. The molecular weight excluding hydrogens is 541 g/mol. The minimum atomic E-state index is -0.535. The standard InChI is InChI=1S/C20H15BrINO5/c1-3-26-17-9-12(7-15(22)18(17)27-11(2)24)8-16-20(25)28-19(23-16)13-5-4-6-14(21)10-13/h4-10H,3H2,1-2H3. The molecule has 0 N–H and O–H groups in total. The van der Waals surface area contributed by atoms with Gasteiger partial charge in [-0.2, -0.15) is 0 Å². The van der Waals surface area contributed by atoms with Crippen LogP contribution in [-0.4, -0.2) is 24.4 Å². The van der Waals surface area contributed by atoms with Crippen LogP contribution in [-0.2, 0) is 14.3 Å². The van der Waals surface area contributed by atoms with Gasteiger partial charge < -0.3 is 14.2 Å². The number of halogens is 2. The Labute approximate surface area is 183 Å². The molecule has 1 aliphatic heterocycles. The van der Waals surface area contributed by atoms with Gasteiger partial charge in [0.2, 0.25) is 5.90 Å². The molecule has 0 radical (unpaired) electrons. The van der Waals surface area contributed by atoms with Gasteiger partial charge in [0.15, 0.2) is 17.2 Å². The zero-order valence-electron chi connectivity index (χ0n) is 15.0. The number of carbonyl (C=O) groups is 2. The molecule has 144 valence electrons. The van der Waals surface area contributed by atoms with E-state index in [2.05, 4.69) is 20.9 Å². The molecule has 0 amide bonds. The minimum absolute atomic E-state index is 0.175. The molecule has 8 heteroatoms. The van der Waals surface area contributed by atoms with E-state index in [1.165, 1.54) is 6.92 Å². The molecule has 0 spiro atoms. The first kappa shape index (κ1) is 20.5. The highest BCUT2D eigenvalue weighted by Gasteiger charge is 2.24. The van der Waals surface area contributed by atoms with Crippen molar-refractivity contribution in [2.75, 3.05) is 6.61 Å². The maximum atomic E-state index is 12.2. The largest absolute Gasteiger partial charge is 0.490 e. The van der Waals surface area contributed by atoms with Crippen LogP contribution in [0.3, 0.4) is 0 Å². The Bertz CT molecular complexity index is 1020. The lowest BCUT2D eigenvalue weighted by Crippen LogP contribution is -2.06. The molecule has 0 saturated carbocycles. The summed E-state index contributed by atoms with van der Waals surface area (Å²) in [5, 5.41) is 0. The monoisotopic (exact) mass is 555 g/mol. The Kier molecular flexibility index (Phi) is 6.50. The summed E-state index contributed by atoms with van der Waals surface area (Å²) in [6.07, 6.45) is 1.61. The van der Waals surface area contributed by atoms with E-state index in [0.717, 1.165) is 4.47 Å². The van der Waals surface area contributed by atoms with Crippen molar-refractivity contribution in [3.05, 3.63) is 61.3 Å². The van der Waals surface area contributed by atoms with Crippen LogP contribution in [0.4, 0.5) is 0 Å². The van der Waals surface area contributed by atoms with E-state index < -0.39 is 11.9 Å². The summed E-state index contributed by atoms with van der Waals surface area (Å²) < 4.78 is 17.7. The second-order valence-electron chi connectivity index (χ2n) is 5.70. The third kappa shape index (κ3) is 4.79. The number of hydrogen-bond donors (Lipinski definition) is 0. The molecule has 6 nitrogen and oxygen atoms in total. The smallest absolute Gasteiger partial charge is 0.363 e. The number of ether oxygens (including phenoxy) is 3. The van der Waals surface area contributed by atoms with Crippen molar-refractivity contribution < 1.29 is 23.8 Å². The summed E-state index contributed by atoms with van der Waals surface area (Å²) in [5.74, 6) is 0.0388. The van der Waals surface area contributed by atoms with Gasteiger partial charge in [0.25, 0.3) is 0 Å². The van der Waals surface area contributed by atoms with Crippen molar-refractivity contribution in [3.63, 3.8) is 0 Å². The van der Waals surface area contributed by atoms with Crippen molar-refractivity contribution in [3.8, 4) is 11.5 Å². The first-order valence-electron chi connectivity index (χ1n) is 8.30. The van der Waals surface area contributed by atoms with Crippen molar-refractivity contribution in [2.24, 2.45) is 4.99 Å². The normalized spacial score (nSPS) is 14.6. The molecule has 0 saturated heterocycles. The van der Waals surface area contributed by atoms with E-state index in [9.17, 15) is 9.59 Å². The number of hydrogen-bond acceptors (Lipinski definition) is 6. The number of cyclic esters (lactones) is 1. The third-order valence-electron chi connectivity index (χ3n) is 3.57. The SMILES string of the molecule is CCOc1cc(C=C2N=C(c3cccc(Br)c3)OC2=O)cc(I)c1OC(C)=O. The van der Waals surface area contributed by atoms with Gasteiger partial charge in [0.1, 0.15) is 0 Å². The van der Waals surface area contributed by atoms with Gasteiger partial charge in [0.05, 0.1) is 10.2 Å². The fourth-order valence-corrected chi connectivity index (χ4v) is 3.62. The van der Waals surface area contributed by atoms with Crippen LogP contribution in [0.25, 0.3) is 6.08 Å². The van der Waals surface area contributed by atoms with Crippen molar-refractivity contribution in [2.45, 2.75) is 13.8 Å². The summed E-state index contributed by atoms with van der Waals surface area (Å²) in [5.41, 5.74) is 1.55. The van der Waals surface area contributed by atoms with Gasteiger partial charge in [-0.3, -0.25) is 4.79 Å². The van der Waals surface area contributed by atoms with Crippen LogP contribution in [0.2, 0.25) is 0 Å². The minimum Gasteiger partial charge on any atom is -0.490 e. The molecule has 0 atom stereocenters. The maximum absolute atomic E-state index is 12.2. The lowest BCUT2D eigenvalue weighted by Gasteiger charge is -2.12. The average molecular weight is 556 g/mol. The number of benzene rings is 2. The van der Waals surface area contributed by atoms with Crippen LogP contribution in [0.5, 0.6) is 11.5 Å². The van der Waals surface area contributed by atoms with Gasteiger partial charge in [-0.25, -0.2) is 9.79 Å². The van der Waals surface area contributed by atoms with Crippen molar-refractivity contribution in [1.29, 1.82) is 0 Å². The molecule has 28 heavy (non-hydrogen) atoms. The predicted octanol–water partition coefficient (Wildman–Crippen LogP) is 4.72. The van der Waals surface area contributed by atoms with Crippen LogP contribution >= 0.6 is 38.5 Å². The average Bonchev–Trinajstić information content (AvgIpc) is 2.99. The second kappa shape index (κ2) is 8.87. The second-order valence-corrected chi connectivity index (χ2v) is 7.78. The predicted molar refractivity (Wildman–Crippen MR) is 116 cm³/mol. The lowest BCUT2D eigenvalue weighted by molar-refractivity contribution is -0.132. The molecule has 1 heterocycles. The third-order valence-corrected chi connectivity index (χ3v) is 4.87. The highest BCUT2D eigenvalue weighted by molar-refractivity contribution is 14.1. The van der Waals surface area contributed by atoms with Gasteiger partial charge in [-0.1, -0.05) is 22.0 Å². The molecule has 0 aliphatic carbocycles. The van der Waals surface area contributed by atoms with Crippen molar-refractivity contribution in [1.82, 2.24) is 0 Å². The van der Waals surface area contributed by atoms with Crippen LogP contribution in [0, 0.1) is 3.57 Å². The summed E-state index contributed by atoms with van der Waals surface area (Å²) in [6, 6.07) is 10.8. The Morgan fingerprint density at radius 3 is 2.79 bits per heavy atom. The Morgan fingerprint density at radius 2 is 2.11 bits per heavy atom. The van der Waals surface area contributed by atoms with Crippen molar-refractivity contribution >= 4 is 62.4 Å². The molecule has 1 aliphatic rings. The molecule has 0 fully saturated rings. The van der Waals surface area contributed by atoms with Crippen LogP contribution < -0.4 is 9.47 Å². The van der Waals surface area contributed by atoms with E-state index in [0.29, 0.717) is 32.8 Å². The van der Waals surface area contributed by atoms with E-state index in [1.807, 2.05) is 53.8 Å². The van der Waals surface area contributed by atoms with E-state index in [4.69, 9.17) is 14.2 Å². The Morgan fingerprint density at radius 1 is 1.32 bits per heavy atom. The van der Waals surface area contributed by atoms with Crippen LogP contribution in [0.15, 0.2) is 51.6 Å². The van der Waals surface area contributed by atoms with Gasteiger partial charge in [-0.05, 0) is 71.5 Å². The highest BCUT2D eigenvalue weighted by atomic mass is 127. The topological polar surface area (TPSA) is 74.2 Å². The molecule has 0 aromatic heterocycles. The molecule has 0 unspecified atom stereocenters. The van der Waals surface area contributed by atoms with Gasteiger partial charge in [0, 0.05) is 17.0 Å². The number of aliphatic imine (C=N–C) groups is 1. The molecule has 0 bridgehead atoms. The Balaban J connectivity index is 1.98. The molecule has 3 rings (SSSR count). The summed E-state index contributed by atoms with van der Waals surface area (Å²) in [7, 11) is 0. The summed E-state index contributed by atoms with van der Waals surface area (Å²) >= 11 is 5.44. The molecular formula is C20H15BrINO5. The van der Waals surface area contributed by atoms with E-state index in [1.54, 1.807) is 18.2 Å². The summed E-state index contributed by atoms with van der Waals surface area (Å²) in [6.45, 7) is 3.56. The van der Waals surface area contributed by atoms with E-state index >= 15 is 0 Å². The zero-order valence-corrected chi connectivity index (χ0v) is 18.7. The fraction of sp³-hybridized carbons (Fsp3) is 0.150. The first-order chi connectivity index (χ1) is 13.4. The molecule has 2 aromatic carbocycles. The molecule has 2 aromatic rings. The fourth-order valence-electron chi connectivity index (χ4n) is 2.49. The zero-order chi connectivity index (χ0) is 20.3.